The molecule has 0 spiro atoms. The van der Waals surface area contributed by atoms with E-state index in [0.29, 0.717) is 0 Å². The van der Waals surface area contributed by atoms with E-state index in [0.717, 1.165) is 0 Å². The first-order chi connectivity index (χ1) is 13.9. The molecule has 0 aromatic heterocycles. The topological polar surface area (TPSA) is 0 Å². The van der Waals surface area contributed by atoms with E-state index < -0.39 is 15.8 Å². The number of hydrogen-bond acceptors (Lipinski definition) is 2. The average molecular weight is 573 g/mol. The van der Waals surface area contributed by atoms with Crippen LogP contribution >= 0.6 is 15.8 Å². The molecule has 4 rings (SSSR count). The minimum absolute atomic E-state index is 0. The van der Waals surface area contributed by atoms with Crippen LogP contribution < -0.4 is 21.2 Å². The zero-order chi connectivity index (χ0) is 19.0. The fourth-order valence-corrected chi connectivity index (χ4v) is 9.92. The summed E-state index contributed by atoms with van der Waals surface area (Å²) in [6.07, 6.45) is 2.52. The third-order valence-corrected chi connectivity index (χ3v) is 11.2. The summed E-state index contributed by atoms with van der Waals surface area (Å²) < 4.78 is 0. The van der Waals surface area contributed by atoms with Crippen LogP contribution in [0.15, 0.2) is 121 Å². The molecule has 0 nitrogen and oxygen atoms in total. The van der Waals surface area contributed by atoms with E-state index in [1.165, 1.54) is 33.5 Å². The average Bonchev–Trinajstić information content (AvgIpc) is 2.79. The van der Waals surface area contributed by atoms with Crippen LogP contribution in [0.1, 0.15) is 0 Å². The van der Waals surface area contributed by atoms with E-state index in [1.54, 1.807) is 0 Å². The zero-order valence-electron chi connectivity index (χ0n) is 17.2. The van der Waals surface area contributed by atoms with Crippen molar-refractivity contribution in [1.29, 1.82) is 0 Å². The van der Waals surface area contributed by atoms with Gasteiger partial charge in [-0.15, -0.1) is 0 Å². The summed E-state index contributed by atoms with van der Waals surface area (Å²) in [6, 6.07) is 44.5. The van der Waals surface area contributed by atoms with E-state index in [2.05, 4.69) is 121 Å². The van der Waals surface area contributed by atoms with Crippen molar-refractivity contribution < 1.29 is 20.4 Å². The summed E-state index contributed by atoms with van der Waals surface area (Å²) in [5.74, 6) is 0. The third kappa shape index (κ3) is 7.87. The quantitative estimate of drug-likeness (QED) is 0.141. The van der Waals surface area contributed by atoms with Crippen molar-refractivity contribution in [3.63, 3.8) is 0 Å². The van der Waals surface area contributed by atoms with Crippen molar-refractivity contribution in [2.24, 2.45) is 0 Å². The molecule has 0 radical (unpaired) electrons. The van der Waals surface area contributed by atoms with Crippen LogP contribution in [-0.4, -0.2) is 12.3 Å². The van der Waals surface area contributed by atoms with Gasteiger partial charge in [-0.05, 0) is 48.5 Å². The first-order valence-electron chi connectivity index (χ1n) is 9.85. The molecule has 0 unspecified atom stereocenters. The zero-order valence-corrected chi connectivity index (χ0v) is 22.5. The summed E-state index contributed by atoms with van der Waals surface area (Å²) in [5, 5.41) is 6.06. The normalized spacial score (nSPS) is 10.0. The number of hydrogen-bond donors (Lipinski definition) is 0. The predicted molar refractivity (Wildman–Crippen MR) is 148 cm³/mol. The Bertz CT molecular complexity index is 809. The van der Waals surface area contributed by atoms with Gasteiger partial charge in [-0.25, -0.2) is 0 Å². The molecule has 0 saturated heterocycles. The molecule has 0 amide bonds. The van der Waals surface area contributed by atoms with Crippen molar-refractivity contribution in [2.75, 3.05) is 12.3 Å². The molecular weight excluding hydrogens is 545 g/mol. The Morgan fingerprint density at radius 2 is 0.548 bits per heavy atom. The van der Waals surface area contributed by atoms with Gasteiger partial charge in [0.1, 0.15) is 12.3 Å². The molecule has 0 saturated carbocycles. The molecule has 0 aliphatic carbocycles. The predicted octanol–water partition coefficient (Wildman–Crippen LogP) is 4.17. The molecular formula is C26H28P2PdS2+2. The van der Waals surface area contributed by atoms with Crippen LogP contribution in [0.2, 0.25) is 0 Å². The first-order valence-corrected chi connectivity index (χ1v) is 13.3. The Labute approximate surface area is 216 Å². The Kier molecular flexibility index (Phi) is 13.6. The maximum atomic E-state index is 2.32. The van der Waals surface area contributed by atoms with Gasteiger partial charge in [-0.1, -0.05) is 72.8 Å². The second-order valence-corrected chi connectivity index (χ2v) is 12.1. The van der Waals surface area contributed by atoms with Gasteiger partial charge in [0.2, 0.25) is 0 Å². The van der Waals surface area contributed by atoms with E-state index in [4.69, 9.17) is 0 Å². The second-order valence-electron chi connectivity index (χ2n) is 6.92. The molecule has 0 aliphatic heterocycles. The van der Waals surface area contributed by atoms with Gasteiger partial charge in [-0.3, -0.25) is 0 Å². The molecule has 4 aromatic rings. The van der Waals surface area contributed by atoms with Crippen LogP contribution in [-0.2, 0) is 47.4 Å². The van der Waals surface area contributed by atoms with Crippen molar-refractivity contribution in [3.8, 4) is 0 Å². The molecule has 0 heterocycles. The summed E-state index contributed by atoms with van der Waals surface area (Å²) in [4.78, 5) is 0. The Balaban J connectivity index is 0.00000160. The van der Waals surface area contributed by atoms with E-state index in [-0.39, 0.29) is 47.4 Å². The van der Waals surface area contributed by atoms with Crippen LogP contribution in [0, 0.1) is 0 Å². The molecule has 0 fully saturated rings. The van der Waals surface area contributed by atoms with Crippen LogP contribution in [0.3, 0.4) is 0 Å². The largest absolute Gasteiger partial charge is 2.00 e. The third-order valence-electron chi connectivity index (χ3n) is 5.11. The number of rotatable bonds is 7. The van der Waals surface area contributed by atoms with Gasteiger partial charge < -0.3 is 27.0 Å². The van der Waals surface area contributed by atoms with E-state index in [9.17, 15) is 0 Å². The van der Waals surface area contributed by atoms with Crippen molar-refractivity contribution in [3.05, 3.63) is 121 Å². The first kappa shape index (κ1) is 28.1. The summed E-state index contributed by atoms with van der Waals surface area (Å²) in [5.41, 5.74) is 0. The Hall–Kier alpha value is -0.898. The van der Waals surface area contributed by atoms with Gasteiger partial charge in [0.05, 0.1) is 37.1 Å². The maximum Gasteiger partial charge on any atom is 2.00 e. The summed E-state index contributed by atoms with van der Waals surface area (Å²) >= 11 is 0. The standard InChI is InChI=1S/C26H24P2.Pd.2H2S/c1-5-13-23(14-6-1)27(24-15-7-2-8-16-24)21-22-28(25-17-9-3-10-18-25)26-19-11-4-12-20-26;;;/h1-20H,21-22H2;;2*1H2/q;+2;;. The van der Waals surface area contributed by atoms with Crippen LogP contribution in [0.25, 0.3) is 0 Å². The minimum atomic E-state index is -0.783. The van der Waals surface area contributed by atoms with Crippen molar-refractivity contribution >= 4 is 64.1 Å². The van der Waals surface area contributed by atoms with Gasteiger partial charge >= 0.3 is 20.4 Å². The monoisotopic (exact) mass is 572 g/mol. The molecule has 0 N–H and O–H groups in total. The molecule has 0 atom stereocenters. The SMILES string of the molecule is [Pd+2].[SH-].[SH-].c1ccc([PH+](CC[PH+](c2ccccc2)c2ccccc2)c2ccccc2)cc1. The number of benzene rings is 4. The fourth-order valence-electron chi connectivity index (χ4n) is 3.72. The molecule has 162 valence electrons. The van der Waals surface area contributed by atoms with Gasteiger partial charge in [0.25, 0.3) is 0 Å². The minimum Gasteiger partial charge on any atom is -0.813 e. The second kappa shape index (κ2) is 15.0. The molecule has 31 heavy (non-hydrogen) atoms. The van der Waals surface area contributed by atoms with E-state index in [1.807, 2.05) is 0 Å². The smallest absolute Gasteiger partial charge is 0.813 e. The van der Waals surface area contributed by atoms with Crippen molar-refractivity contribution in [1.82, 2.24) is 0 Å². The van der Waals surface area contributed by atoms with Crippen LogP contribution in [0.5, 0.6) is 0 Å². The van der Waals surface area contributed by atoms with Gasteiger partial charge in [-0.2, -0.15) is 0 Å². The van der Waals surface area contributed by atoms with Gasteiger partial charge in [0.15, 0.2) is 0 Å². The molecule has 5 heteroatoms. The Morgan fingerprint density at radius 1 is 0.355 bits per heavy atom. The van der Waals surface area contributed by atoms with Crippen LogP contribution in [0.4, 0.5) is 0 Å². The molecule has 4 aromatic carbocycles. The summed E-state index contributed by atoms with van der Waals surface area (Å²) in [6.45, 7) is 0. The van der Waals surface area contributed by atoms with Gasteiger partial charge in [0, 0.05) is 0 Å². The van der Waals surface area contributed by atoms with E-state index >= 15 is 0 Å². The van der Waals surface area contributed by atoms with Crippen molar-refractivity contribution in [2.45, 2.75) is 0 Å². The molecule has 0 bridgehead atoms. The fraction of sp³-hybridized carbons (Fsp3) is 0.0769. The summed E-state index contributed by atoms with van der Waals surface area (Å²) in [7, 11) is -1.57. The molecule has 0 aliphatic rings. The maximum absolute atomic E-state index is 2.32. The Morgan fingerprint density at radius 3 is 0.742 bits per heavy atom. The number of thiol groups is 2.